The molecule has 0 saturated heterocycles. The van der Waals surface area contributed by atoms with Crippen molar-refractivity contribution in [2.75, 3.05) is 0 Å². The number of hydrogen-bond acceptors (Lipinski definition) is 4. The first kappa shape index (κ1) is 5.77. The normalized spacial score (nSPS) is 15.3. The van der Waals surface area contributed by atoms with Crippen LogP contribution in [0.5, 0.6) is 0 Å². The maximum Gasteiger partial charge on any atom is 0.204 e. The number of hydrogen-bond donors (Lipinski definition) is 0. The van der Waals surface area contributed by atoms with Crippen molar-refractivity contribution in [1.29, 1.82) is 0 Å². The summed E-state index contributed by atoms with van der Waals surface area (Å²) >= 11 is 0. The van der Waals surface area contributed by atoms with Crippen molar-refractivity contribution in [3.05, 3.63) is 28.5 Å². The van der Waals surface area contributed by atoms with Crippen molar-refractivity contribution in [2.24, 2.45) is 15.4 Å². The highest BCUT2D eigenvalue weighted by Crippen LogP contribution is 2.16. The molecule has 0 N–H and O–H groups in total. The van der Waals surface area contributed by atoms with Crippen LogP contribution in [0.15, 0.2) is 27.7 Å². The van der Waals surface area contributed by atoms with Crippen LogP contribution in [0.4, 0.5) is 5.69 Å². The number of rotatable bonds is 0. The van der Waals surface area contributed by atoms with Gasteiger partial charge in [0.25, 0.3) is 0 Å². The van der Waals surface area contributed by atoms with Gasteiger partial charge in [-0.1, -0.05) is 18.2 Å². The maximum absolute atomic E-state index is 4.11. The van der Waals surface area contributed by atoms with Gasteiger partial charge in [0, 0.05) is 17.0 Å². The standard InChI is InChI=1S/C8H4N4/c1-2-5-4-9-8-7(6(5)3-1)10-12-11-8/h1-4H. The van der Waals surface area contributed by atoms with Gasteiger partial charge < -0.3 is 0 Å². The Balaban J connectivity index is 2.57. The Bertz CT molecular complexity index is 476. The molecule has 0 radical (unpaired) electrons. The molecule has 0 atom stereocenters. The van der Waals surface area contributed by atoms with Gasteiger partial charge >= 0.3 is 0 Å². The van der Waals surface area contributed by atoms with Crippen LogP contribution in [0.1, 0.15) is 5.56 Å². The van der Waals surface area contributed by atoms with Gasteiger partial charge in [-0.15, -0.1) is 10.2 Å². The summed E-state index contributed by atoms with van der Waals surface area (Å²) in [4.78, 5) is 4.11. The van der Waals surface area contributed by atoms with Crippen molar-refractivity contribution >= 4 is 17.8 Å². The minimum Gasteiger partial charge on any atom is -0.233 e. The topological polar surface area (TPSA) is 50.0 Å². The summed E-state index contributed by atoms with van der Waals surface area (Å²) in [6.45, 7) is 0. The zero-order chi connectivity index (χ0) is 7.97. The Morgan fingerprint density at radius 1 is 1.25 bits per heavy atom. The molecule has 0 fully saturated rings. The van der Waals surface area contributed by atoms with Gasteiger partial charge in [-0.25, -0.2) is 4.98 Å². The van der Waals surface area contributed by atoms with Gasteiger partial charge in [0.15, 0.2) is 0 Å². The van der Waals surface area contributed by atoms with E-state index in [9.17, 15) is 0 Å². The molecule has 1 aromatic rings. The molecule has 1 aromatic heterocycles. The molecule has 2 aliphatic rings. The van der Waals surface area contributed by atoms with Crippen molar-refractivity contribution < 1.29 is 0 Å². The van der Waals surface area contributed by atoms with Gasteiger partial charge in [-0.2, -0.15) is 0 Å². The summed E-state index contributed by atoms with van der Waals surface area (Å²) in [5, 5.41) is 12.3. The van der Waals surface area contributed by atoms with Crippen LogP contribution in [-0.2, 0) is 0 Å². The molecule has 3 rings (SSSR count). The second kappa shape index (κ2) is 1.85. The number of pyridine rings is 1. The molecular formula is C8H4N4. The van der Waals surface area contributed by atoms with E-state index < -0.39 is 0 Å². The predicted octanol–water partition coefficient (Wildman–Crippen LogP) is 0.521. The Morgan fingerprint density at radius 3 is 3.25 bits per heavy atom. The summed E-state index contributed by atoms with van der Waals surface area (Å²) in [6, 6.07) is 0. The smallest absolute Gasteiger partial charge is 0.204 e. The third-order valence-corrected chi connectivity index (χ3v) is 1.93. The minimum atomic E-state index is 0.619. The average molecular weight is 156 g/mol. The Morgan fingerprint density at radius 2 is 2.25 bits per heavy atom. The van der Waals surface area contributed by atoms with Crippen LogP contribution in [0.25, 0.3) is 12.2 Å². The van der Waals surface area contributed by atoms with E-state index in [1.54, 1.807) is 6.20 Å². The summed E-state index contributed by atoms with van der Waals surface area (Å²) in [7, 11) is 0. The SMILES string of the molecule is C1=Cc2c3c(ncc2=C1)=NN=N3. The first-order valence-corrected chi connectivity index (χ1v) is 3.61. The summed E-state index contributed by atoms with van der Waals surface area (Å²) in [5.41, 5.74) is 2.48. The van der Waals surface area contributed by atoms with Gasteiger partial charge in [0.05, 0.1) is 0 Å². The van der Waals surface area contributed by atoms with E-state index in [1.807, 2.05) is 18.2 Å². The summed E-state index contributed by atoms with van der Waals surface area (Å²) in [5.74, 6) is 0. The van der Waals surface area contributed by atoms with E-state index in [1.165, 1.54) is 0 Å². The number of nitrogens with zero attached hydrogens (tertiary/aromatic N) is 4. The molecule has 1 aliphatic carbocycles. The van der Waals surface area contributed by atoms with E-state index in [4.69, 9.17) is 0 Å². The third kappa shape index (κ3) is 0.567. The highest BCUT2D eigenvalue weighted by molar-refractivity contribution is 5.73. The van der Waals surface area contributed by atoms with Crippen LogP contribution in [-0.4, -0.2) is 4.98 Å². The third-order valence-electron chi connectivity index (χ3n) is 1.93. The van der Waals surface area contributed by atoms with Gasteiger partial charge in [0.2, 0.25) is 5.49 Å². The Kier molecular flexibility index (Phi) is 0.889. The molecule has 0 saturated carbocycles. The second-order valence-electron chi connectivity index (χ2n) is 2.61. The summed E-state index contributed by atoms with van der Waals surface area (Å²) < 4.78 is 0. The first-order chi connectivity index (χ1) is 5.95. The van der Waals surface area contributed by atoms with Gasteiger partial charge in [-0.05, 0) is 5.22 Å². The lowest BCUT2D eigenvalue weighted by Gasteiger charge is -1.92. The highest BCUT2D eigenvalue weighted by Gasteiger charge is 2.10. The van der Waals surface area contributed by atoms with Crippen molar-refractivity contribution in [3.63, 3.8) is 0 Å². The van der Waals surface area contributed by atoms with E-state index in [0.717, 1.165) is 16.5 Å². The molecule has 0 bridgehead atoms. The molecule has 0 amide bonds. The Labute approximate surface area is 67.7 Å². The quantitative estimate of drug-likeness (QED) is 0.540. The number of allylic oxidation sites excluding steroid dienone is 1. The fourth-order valence-corrected chi connectivity index (χ4v) is 1.36. The molecule has 12 heavy (non-hydrogen) atoms. The Hall–Kier alpha value is -1.84. The molecule has 0 spiro atoms. The molecule has 56 valence electrons. The lowest BCUT2D eigenvalue weighted by atomic mass is 10.2. The maximum atomic E-state index is 4.11. The van der Waals surface area contributed by atoms with Crippen LogP contribution in [0.3, 0.4) is 0 Å². The van der Waals surface area contributed by atoms with Crippen molar-refractivity contribution in [2.45, 2.75) is 0 Å². The van der Waals surface area contributed by atoms with E-state index in [2.05, 4.69) is 20.4 Å². The van der Waals surface area contributed by atoms with Gasteiger partial charge in [-0.3, -0.25) is 0 Å². The minimum absolute atomic E-state index is 0.619. The highest BCUT2D eigenvalue weighted by atomic mass is 15.4. The van der Waals surface area contributed by atoms with Crippen molar-refractivity contribution in [1.82, 2.24) is 4.98 Å². The fraction of sp³-hybridized carbons (Fsp3) is 0. The monoisotopic (exact) mass is 156 g/mol. The molecular weight excluding hydrogens is 152 g/mol. The van der Waals surface area contributed by atoms with Crippen LogP contribution >= 0.6 is 0 Å². The zero-order valence-corrected chi connectivity index (χ0v) is 6.10. The van der Waals surface area contributed by atoms with Crippen molar-refractivity contribution in [3.8, 4) is 0 Å². The van der Waals surface area contributed by atoms with Crippen LogP contribution < -0.4 is 10.7 Å². The van der Waals surface area contributed by atoms with Crippen LogP contribution in [0, 0.1) is 0 Å². The molecule has 4 nitrogen and oxygen atoms in total. The lowest BCUT2D eigenvalue weighted by Crippen LogP contribution is -2.14. The molecule has 2 heterocycles. The second-order valence-corrected chi connectivity index (χ2v) is 2.61. The zero-order valence-electron chi connectivity index (χ0n) is 6.10. The summed E-state index contributed by atoms with van der Waals surface area (Å²) in [6.07, 6.45) is 7.75. The molecule has 0 unspecified atom stereocenters. The number of aromatic nitrogens is 1. The van der Waals surface area contributed by atoms with Crippen LogP contribution in [0.2, 0.25) is 0 Å². The lowest BCUT2D eigenvalue weighted by molar-refractivity contribution is 1.05. The van der Waals surface area contributed by atoms with E-state index >= 15 is 0 Å². The van der Waals surface area contributed by atoms with E-state index in [0.29, 0.717) is 5.49 Å². The number of fused-ring (bicyclic) bond motifs is 3. The molecule has 0 aromatic carbocycles. The molecule has 4 heteroatoms. The average Bonchev–Trinajstić information content (AvgIpc) is 2.71. The fourth-order valence-electron chi connectivity index (χ4n) is 1.36. The predicted molar refractivity (Wildman–Crippen MR) is 43.0 cm³/mol. The molecule has 1 aliphatic heterocycles. The first-order valence-electron chi connectivity index (χ1n) is 3.61. The van der Waals surface area contributed by atoms with Gasteiger partial charge in [0.1, 0.15) is 5.69 Å². The van der Waals surface area contributed by atoms with E-state index in [-0.39, 0.29) is 0 Å². The largest absolute Gasteiger partial charge is 0.233 e.